The van der Waals surface area contributed by atoms with Crippen molar-refractivity contribution in [1.82, 2.24) is 9.29 Å². The van der Waals surface area contributed by atoms with Crippen LogP contribution in [0.1, 0.15) is 31.5 Å². The van der Waals surface area contributed by atoms with Crippen LogP contribution in [0.3, 0.4) is 0 Å². The summed E-state index contributed by atoms with van der Waals surface area (Å²) in [7, 11) is 0. The van der Waals surface area contributed by atoms with E-state index in [2.05, 4.69) is 21.6 Å². The smallest absolute Gasteiger partial charge is 0.320 e. The molecule has 6 heteroatoms. The highest BCUT2D eigenvalue weighted by molar-refractivity contribution is 7.96. The van der Waals surface area contributed by atoms with Gasteiger partial charge in [0, 0.05) is 31.4 Å². The van der Waals surface area contributed by atoms with E-state index in [1.807, 2.05) is 32.2 Å². The van der Waals surface area contributed by atoms with Crippen molar-refractivity contribution in [3.8, 4) is 0 Å². The molecule has 3 N–H and O–H groups in total. The molecule has 1 aliphatic heterocycles. The van der Waals surface area contributed by atoms with E-state index in [9.17, 15) is 4.79 Å². The number of carbonyl (C=O) groups is 1. The first kappa shape index (κ1) is 18.7. The van der Waals surface area contributed by atoms with Gasteiger partial charge in [-0.2, -0.15) is 0 Å². The van der Waals surface area contributed by atoms with Crippen LogP contribution < -0.4 is 5.73 Å². The summed E-state index contributed by atoms with van der Waals surface area (Å²) in [6, 6.07) is 2.97. The van der Waals surface area contributed by atoms with E-state index >= 15 is 0 Å². The van der Waals surface area contributed by atoms with Crippen LogP contribution in [0.15, 0.2) is 24.4 Å². The third-order valence-corrected chi connectivity index (χ3v) is 4.22. The Balaban J connectivity index is 0.00000116. The van der Waals surface area contributed by atoms with Gasteiger partial charge in [0.2, 0.25) is 0 Å². The summed E-state index contributed by atoms with van der Waals surface area (Å²) in [5.41, 5.74) is 8.63. The quantitative estimate of drug-likeness (QED) is 0.810. The minimum atomic E-state index is -0.997. The van der Waals surface area contributed by atoms with E-state index in [-0.39, 0.29) is 6.42 Å². The van der Waals surface area contributed by atoms with Gasteiger partial charge in [-0.05, 0) is 29.9 Å². The second kappa shape index (κ2) is 9.61. The molecule has 22 heavy (non-hydrogen) atoms. The molecule has 1 aliphatic rings. The number of rotatable bonds is 5. The van der Waals surface area contributed by atoms with Gasteiger partial charge >= 0.3 is 5.97 Å². The van der Waals surface area contributed by atoms with Crippen LogP contribution in [0, 0.1) is 0 Å². The van der Waals surface area contributed by atoms with Crippen LogP contribution in [0.25, 0.3) is 5.57 Å². The Hall–Kier alpha value is -1.37. The molecule has 0 saturated carbocycles. The van der Waals surface area contributed by atoms with Crippen LogP contribution in [0.5, 0.6) is 0 Å². The molecule has 0 saturated heterocycles. The normalized spacial score (nSPS) is 16.3. The van der Waals surface area contributed by atoms with Crippen molar-refractivity contribution >= 4 is 23.5 Å². The first-order valence-corrected chi connectivity index (χ1v) is 8.70. The summed E-state index contributed by atoms with van der Waals surface area (Å²) in [4.78, 5) is 15.0. The standard InChI is InChI=1S/C14H19N3O2S.C2H6/c1-20-17-6-4-10(5-7-17)11-2-3-12(16-9-11)8-13(15)14(18)19;1-2/h2-4,9,13H,5-8,15H2,1H3,(H,18,19);1-2H3. The van der Waals surface area contributed by atoms with Gasteiger partial charge in [0.25, 0.3) is 0 Å². The van der Waals surface area contributed by atoms with Crippen LogP contribution in [0.2, 0.25) is 0 Å². The molecule has 1 aromatic rings. The van der Waals surface area contributed by atoms with Crippen molar-refractivity contribution in [2.24, 2.45) is 5.73 Å². The molecule has 0 spiro atoms. The molecule has 0 amide bonds. The largest absolute Gasteiger partial charge is 0.480 e. The van der Waals surface area contributed by atoms with Crippen LogP contribution in [-0.2, 0) is 11.2 Å². The van der Waals surface area contributed by atoms with E-state index in [1.54, 1.807) is 11.9 Å². The van der Waals surface area contributed by atoms with Crippen molar-refractivity contribution in [3.63, 3.8) is 0 Å². The molecule has 5 nitrogen and oxygen atoms in total. The maximum Gasteiger partial charge on any atom is 0.320 e. The van der Waals surface area contributed by atoms with Crippen molar-refractivity contribution in [1.29, 1.82) is 0 Å². The van der Waals surface area contributed by atoms with Crippen molar-refractivity contribution in [2.75, 3.05) is 19.3 Å². The zero-order valence-electron chi connectivity index (χ0n) is 13.5. The minimum Gasteiger partial charge on any atom is -0.480 e. The summed E-state index contributed by atoms with van der Waals surface area (Å²) < 4.78 is 2.30. The predicted octanol–water partition coefficient (Wildman–Crippen LogP) is 2.43. The van der Waals surface area contributed by atoms with Crippen molar-refractivity contribution < 1.29 is 9.90 Å². The average Bonchev–Trinajstić information content (AvgIpc) is 2.57. The average molecular weight is 323 g/mol. The zero-order valence-corrected chi connectivity index (χ0v) is 14.3. The predicted molar refractivity (Wildman–Crippen MR) is 92.6 cm³/mol. The summed E-state index contributed by atoms with van der Waals surface area (Å²) in [5, 5.41) is 8.78. The van der Waals surface area contributed by atoms with Gasteiger partial charge in [-0.15, -0.1) is 0 Å². The van der Waals surface area contributed by atoms with E-state index in [0.717, 1.165) is 25.1 Å². The Morgan fingerprint density at radius 1 is 1.50 bits per heavy atom. The van der Waals surface area contributed by atoms with Crippen LogP contribution in [0.4, 0.5) is 0 Å². The van der Waals surface area contributed by atoms with E-state index < -0.39 is 12.0 Å². The molecule has 0 radical (unpaired) electrons. The van der Waals surface area contributed by atoms with Crippen molar-refractivity contribution in [3.05, 3.63) is 35.7 Å². The zero-order chi connectivity index (χ0) is 16.5. The topological polar surface area (TPSA) is 79.5 Å². The van der Waals surface area contributed by atoms with Gasteiger partial charge in [-0.25, -0.2) is 4.31 Å². The Morgan fingerprint density at radius 2 is 2.23 bits per heavy atom. The summed E-state index contributed by atoms with van der Waals surface area (Å²) in [6.07, 6.45) is 7.39. The van der Waals surface area contributed by atoms with E-state index in [4.69, 9.17) is 10.8 Å². The van der Waals surface area contributed by atoms with Gasteiger partial charge in [0.15, 0.2) is 0 Å². The monoisotopic (exact) mass is 323 g/mol. The lowest BCUT2D eigenvalue weighted by Gasteiger charge is -2.23. The van der Waals surface area contributed by atoms with Gasteiger partial charge in [-0.3, -0.25) is 9.78 Å². The number of hydrogen-bond acceptors (Lipinski definition) is 5. The minimum absolute atomic E-state index is 0.259. The third kappa shape index (κ3) is 5.44. The Kier molecular flexibility index (Phi) is 8.16. The Labute approximate surface area is 136 Å². The maximum atomic E-state index is 10.7. The second-order valence-corrected chi connectivity index (χ2v) is 5.62. The highest BCUT2D eigenvalue weighted by atomic mass is 32.2. The van der Waals surface area contributed by atoms with Gasteiger partial charge in [-0.1, -0.05) is 37.9 Å². The fourth-order valence-electron chi connectivity index (χ4n) is 2.13. The fourth-order valence-corrected chi connectivity index (χ4v) is 2.62. The highest BCUT2D eigenvalue weighted by Crippen LogP contribution is 2.24. The summed E-state index contributed by atoms with van der Waals surface area (Å²) >= 11 is 1.76. The fraction of sp³-hybridized carbons (Fsp3) is 0.500. The lowest BCUT2D eigenvalue weighted by molar-refractivity contribution is -0.138. The number of nitrogens with two attached hydrogens (primary N) is 1. The van der Waals surface area contributed by atoms with Gasteiger partial charge in [0.05, 0.1) is 0 Å². The summed E-state index contributed by atoms with van der Waals surface area (Å²) in [6.45, 7) is 5.99. The molecule has 0 bridgehead atoms. The molecule has 2 heterocycles. The van der Waals surface area contributed by atoms with Crippen LogP contribution >= 0.6 is 11.9 Å². The lowest BCUT2D eigenvalue weighted by Crippen LogP contribution is -2.32. The van der Waals surface area contributed by atoms with Crippen LogP contribution in [-0.4, -0.2) is 45.8 Å². The highest BCUT2D eigenvalue weighted by Gasteiger charge is 2.14. The number of nitrogens with zero attached hydrogens (tertiary/aromatic N) is 2. The number of carboxylic acids is 1. The number of hydrogen-bond donors (Lipinski definition) is 2. The third-order valence-electron chi connectivity index (χ3n) is 3.37. The lowest BCUT2D eigenvalue weighted by atomic mass is 10.0. The molecule has 1 atom stereocenters. The molecule has 122 valence electrons. The first-order valence-electron chi connectivity index (χ1n) is 7.52. The van der Waals surface area contributed by atoms with E-state index in [1.165, 1.54) is 5.57 Å². The molecule has 0 aliphatic carbocycles. The summed E-state index contributed by atoms with van der Waals surface area (Å²) in [5.74, 6) is -0.997. The molecule has 1 unspecified atom stereocenters. The molecule has 2 rings (SSSR count). The molecule has 0 fully saturated rings. The number of aromatic nitrogens is 1. The molecule has 0 aromatic carbocycles. The van der Waals surface area contributed by atoms with Crippen molar-refractivity contribution in [2.45, 2.75) is 32.7 Å². The number of pyridine rings is 1. The molecular weight excluding hydrogens is 298 g/mol. The van der Waals surface area contributed by atoms with E-state index in [0.29, 0.717) is 5.69 Å². The molecular formula is C16H25N3O2S. The Bertz CT molecular complexity index is 503. The number of aliphatic carboxylic acids is 1. The maximum absolute atomic E-state index is 10.7. The first-order chi connectivity index (χ1) is 10.6. The SMILES string of the molecule is CC.CSN1CC=C(c2ccc(CC(N)C(=O)O)nc2)CC1. The van der Waals surface area contributed by atoms with Gasteiger partial charge < -0.3 is 10.8 Å². The second-order valence-electron chi connectivity index (χ2n) is 4.74. The molecule has 1 aromatic heterocycles. The Morgan fingerprint density at radius 3 is 2.68 bits per heavy atom. The number of carboxylic acid groups (broad SMARTS) is 1. The van der Waals surface area contributed by atoms with Gasteiger partial charge in [0.1, 0.15) is 6.04 Å².